The SMILES string of the molecule is C=CCN=C1SCCN1C(=S)NCC=C. The average Bonchev–Trinajstić information content (AvgIpc) is 2.71. The van der Waals surface area contributed by atoms with Crippen molar-refractivity contribution >= 4 is 34.3 Å². The number of thiocarbonyl (C=S) groups is 1. The highest BCUT2D eigenvalue weighted by Gasteiger charge is 2.22. The van der Waals surface area contributed by atoms with E-state index in [4.69, 9.17) is 12.2 Å². The molecular formula is C10H15N3S2. The second-order valence-electron chi connectivity index (χ2n) is 2.89. The van der Waals surface area contributed by atoms with Crippen LogP contribution in [-0.2, 0) is 0 Å². The molecule has 1 fully saturated rings. The van der Waals surface area contributed by atoms with Gasteiger partial charge >= 0.3 is 0 Å². The Morgan fingerprint density at radius 2 is 2.40 bits per heavy atom. The molecule has 1 rings (SSSR count). The van der Waals surface area contributed by atoms with Crippen molar-refractivity contribution in [3.8, 4) is 0 Å². The van der Waals surface area contributed by atoms with E-state index in [2.05, 4.69) is 23.5 Å². The fourth-order valence-electron chi connectivity index (χ4n) is 1.12. The van der Waals surface area contributed by atoms with Crippen LogP contribution in [0.5, 0.6) is 0 Å². The van der Waals surface area contributed by atoms with E-state index in [9.17, 15) is 0 Å². The molecule has 82 valence electrons. The highest BCUT2D eigenvalue weighted by Crippen LogP contribution is 2.17. The maximum Gasteiger partial charge on any atom is 0.175 e. The van der Waals surface area contributed by atoms with E-state index in [0.29, 0.717) is 13.1 Å². The van der Waals surface area contributed by atoms with Crippen LogP contribution < -0.4 is 5.32 Å². The Labute approximate surface area is 100 Å². The molecule has 0 aromatic heterocycles. The molecule has 0 saturated carbocycles. The van der Waals surface area contributed by atoms with Gasteiger partial charge in [0.1, 0.15) is 0 Å². The van der Waals surface area contributed by atoms with Crippen LogP contribution in [0.4, 0.5) is 0 Å². The molecule has 1 saturated heterocycles. The zero-order valence-electron chi connectivity index (χ0n) is 8.61. The van der Waals surface area contributed by atoms with Gasteiger partial charge in [-0.15, -0.1) is 13.2 Å². The van der Waals surface area contributed by atoms with Gasteiger partial charge in [-0.2, -0.15) is 0 Å². The standard InChI is InChI=1S/C10H15N3S2/c1-3-5-11-9(14)13-7-8-15-10(13)12-6-4-2/h3-4H,1-2,5-8H2,(H,11,14). The number of thioether (sulfide) groups is 1. The molecule has 0 atom stereocenters. The van der Waals surface area contributed by atoms with Crippen molar-refractivity contribution in [2.45, 2.75) is 0 Å². The van der Waals surface area contributed by atoms with E-state index in [1.807, 2.05) is 4.90 Å². The predicted molar refractivity (Wildman–Crippen MR) is 72.5 cm³/mol. The summed E-state index contributed by atoms with van der Waals surface area (Å²) in [4.78, 5) is 6.41. The van der Waals surface area contributed by atoms with Crippen molar-refractivity contribution in [2.75, 3.05) is 25.4 Å². The maximum absolute atomic E-state index is 5.25. The number of nitrogens with zero attached hydrogens (tertiary/aromatic N) is 2. The molecule has 0 bridgehead atoms. The average molecular weight is 241 g/mol. The summed E-state index contributed by atoms with van der Waals surface area (Å²) < 4.78 is 0. The lowest BCUT2D eigenvalue weighted by atomic mass is 10.6. The summed E-state index contributed by atoms with van der Waals surface area (Å²) in [5.74, 6) is 1.03. The molecule has 1 aliphatic heterocycles. The summed E-state index contributed by atoms with van der Waals surface area (Å²) in [6, 6.07) is 0. The summed E-state index contributed by atoms with van der Waals surface area (Å²) in [5.41, 5.74) is 0. The first-order valence-electron chi connectivity index (χ1n) is 4.74. The van der Waals surface area contributed by atoms with Gasteiger partial charge in [0, 0.05) is 18.8 Å². The minimum atomic E-state index is 0.642. The first-order chi connectivity index (χ1) is 7.29. The second-order valence-corrected chi connectivity index (χ2v) is 4.34. The van der Waals surface area contributed by atoms with Gasteiger partial charge in [-0.1, -0.05) is 23.9 Å². The first-order valence-corrected chi connectivity index (χ1v) is 6.13. The maximum atomic E-state index is 5.25. The third-order valence-corrected chi connectivity index (χ3v) is 3.13. The van der Waals surface area contributed by atoms with E-state index >= 15 is 0 Å². The van der Waals surface area contributed by atoms with E-state index in [1.54, 1.807) is 23.9 Å². The molecule has 5 heteroatoms. The Morgan fingerprint density at radius 1 is 1.60 bits per heavy atom. The Balaban J connectivity index is 2.55. The Morgan fingerprint density at radius 3 is 3.07 bits per heavy atom. The minimum absolute atomic E-state index is 0.642. The van der Waals surface area contributed by atoms with E-state index in [1.165, 1.54) is 0 Å². The molecule has 0 spiro atoms. The Hall–Kier alpha value is -0.810. The predicted octanol–water partition coefficient (Wildman–Crippen LogP) is 1.64. The van der Waals surface area contributed by atoms with Gasteiger partial charge in [0.15, 0.2) is 10.3 Å². The van der Waals surface area contributed by atoms with Gasteiger partial charge in [-0.3, -0.25) is 9.89 Å². The van der Waals surface area contributed by atoms with Gasteiger partial charge in [0.05, 0.1) is 6.54 Å². The van der Waals surface area contributed by atoms with Gasteiger partial charge < -0.3 is 5.32 Å². The van der Waals surface area contributed by atoms with Crippen LogP contribution >= 0.6 is 24.0 Å². The summed E-state index contributed by atoms with van der Waals surface area (Å²) >= 11 is 6.98. The van der Waals surface area contributed by atoms with Gasteiger partial charge in [0.2, 0.25) is 0 Å². The molecule has 1 aliphatic rings. The van der Waals surface area contributed by atoms with Crippen molar-refractivity contribution < 1.29 is 0 Å². The number of nitrogens with one attached hydrogen (secondary N) is 1. The topological polar surface area (TPSA) is 27.6 Å². The first kappa shape index (κ1) is 12.3. The molecule has 1 N–H and O–H groups in total. The van der Waals surface area contributed by atoms with Crippen LogP contribution in [0.15, 0.2) is 30.3 Å². The molecule has 3 nitrogen and oxygen atoms in total. The molecule has 1 heterocycles. The summed E-state index contributed by atoms with van der Waals surface area (Å²) in [5, 5.41) is 4.81. The lowest BCUT2D eigenvalue weighted by Gasteiger charge is -2.19. The zero-order valence-corrected chi connectivity index (χ0v) is 10.2. The summed E-state index contributed by atoms with van der Waals surface area (Å²) in [6.45, 7) is 9.53. The van der Waals surface area contributed by atoms with E-state index < -0.39 is 0 Å². The smallest absolute Gasteiger partial charge is 0.175 e. The number of amidine groups is 1. The molecule has 0 aromatic rings. The van der Waals surface area contributed by atoms with E-state index in [-0.39, 0.29) is 0 Å². The van der Waals surface area contributed by atoms with Crippen molar-refractivity contribution in [3.63, 3.8) is 0 Å². The van der Waals surface area contributed by atoms with Gasteiger partial charge in [-0.05, 0) is 12.2 Å². The lowest BCUT2D eigenvalue weighted by molar-refractivity contribution is 0.657. The van der Waals surface area contributed by atoms with Crippen molar-refractivity contribution in [1.82, 2.24) is 10.2 Å². The van der Waals surface area contributed by atoms with E-state index in [0.717, 1.165) is 22.6 Å². The van der Waals surface area contributed by atoms with Crippen molar-refractivity contribution in [3.05, 3.63) is 25.3 Å². The van der Waals surface area contributed by atoms with Crippen molar-refractivity contribution in [2.24, 2.45) is 4.99 Å². The van der Waals surface area contributed by atoms with Crippen molar-refractivity contribution in [1.29, 1.82) is 0 Å². The summed E-state index contributed by atoms with van der Waals surface area (Å²) in [6.07, 6.45) is 3.57. The fourth-order valence-corrected chi connectivity index (χ4v) is 2.40. The second kappa shape index (κ2) is 6.63. The number of hydrogen-bond donors (Lipinski definition) is 1. The third kappa shape index (κ3) is 3.68. The van der Waals surface area contributed by atoms with Crippen LogP contribution in [0.2, 0.25) is 0 Å². The van der Waals surface area contributed by atoms with Crippen LogP contribution in [0.3, 0.4) is 0 Å². The fraction of sp³-hybridized carbons (Fsp3) is 0.400. The monoisotopic (exact) mass is 241 g/mol. The molecular weight excluding hydrogens is 226 g/mol. The molecule has 0 aromatic carbocycles. The molecule has 0 aliphatic carbocycles. The van der Waals surface area contributed by atoms with Crippen LogP contribution in [0, 0.1) is 0 Å². The zero-order chi connectivity index (χ0) is 11.1. The summed E-state index contributed by atoms with van der Waals surface area (Å²) in [7, 11) is 0. The third-order valence-electron chi connectivity index (χ3n) is 1.78. The van der Waals surface area contributed by atoms with Crippen LogP contribution in [0.1, 0.15) is 0 Å². The molecule has 15 heavy (non-hydrogen) atoms. The molecule has 0 unspecified atom stereocenters. The largest absolute Gasteiger partial charge is 0.359 e. The molecule has 0 amide bonds. The van der Waals surface area contributed by atoms with Crippen LogP contribution in [-0.4, -0.2) is 40.6 Å². The normalized spacial score (nSPS) is 17.9. The quantitative estimate of drug-likeness (QED) is 0.598. The number of hydrogen-bond acceptors (Lipinski definition) is 3. The number of rotatable bonds is 4. The van der Waals surface area contributed by atoms with Crippen LogP contribution in [0.25, 0.3) is 0 Å². The molecule has 0 radical (unpaired) electrons. The van der Waals surface area contributed by atoms with Gasteiger partial charge in [0.25, 0.3) is 0 Å². The highest BCUT2D eigenvalue weighted by atomic mass is 32.2. The Bertz CT molecular complexity index is 286. The number of aliphatic imine (C=N–C) groups is 1. The highest BCUT2D eigenvalue weighted by molar-refractivity contribution is 8.14. The van der Waals surface area contributed by atoms with Gasteiger partial charge in [-0.25, -0.2) is 0 Å². The Kier molecular flexibility index (Phi) is 5.42. The minimum Gasteiger partial charge on any atom is -0.359 e. The lowest BCUT2D eigenvalue weighted by Crippen LogP contribution is -2.40.